The number of alkyl halides is 4. The Morgan fingerprint density at radius 2 is 1.90 bits per heavy atom. The van der Waals surface area contributed by atoms with E-state index in [1.54, 1.807) is 6.07 Å². The zero-order valence-electron chi connectivity index (χ0n) is 11.2. The Morgan fingerprint density at radius 3 is 2.50 bits per heavy atom. The SMILES string of the molecule is FC(F)(F)c1cccc(/C=C(/CBr)C2CCCCC2)c1. The van der Waals surface area contributed by atoms with Crippen molar-refractivity contribution in [2.75, 3.05) is 5.33 Å². The molecule has 0 nitrogen and oxygen atoms in total. The van der Waals surface area contributed by atoms with Crippen LogP contribution in [0.2, 0.25) is 0 Å². The number of halogens is 4. The van der Waals surface area contributed by atoms with Gasteiger partial charge in [0.15, 0.2) is 0 Å². The van der Waals surface area contributed by atoms with Crippen LogP contribution in [0, 0.1) is 5.92 Å². The Bertz CT molecular complexity index is 471. The highest BCUT2D eigenvalue weighted by molar-refractivity contribution is 9.09. The highest BCUT2D eigenvalue weighted by Gasteiger charge is 2.30. The van der Waals surface area contributed by atoms with Crippen molar-refractivity contribution in [3.05, 3.63) is 41.0 Å². The fourth-order valence-corrected chi connectivity index (χ4v) is 3.38. The van der Waals surface area contributed by atoms with Crippen LogP contribution in [0.25, 0.3) is 6.08 Å². The van der Waals surface area contributed by atoms with Gasteiger partial charge in [0.2, 0.25) is 0 Å². The minimum Gasteiger partial charge on any atom is -0.166 e. The minimum absolute atomic E-state index is 0.512. The number of hydrogen-bond acceptors (Lipinski definition) is 0. The van der Waals surface area contributed by atoms with Crippen LogP contribution in [-0.2, 0) is 6.18 Å². The van der Waals surface area contributed by atoms with Gasteiger partial charge >= 0.3 is 6.18 Å². The average Bonchev–Trinajstić information content (AvgIpc) is 2.45. The van der Waals surface area contributed by atoms with Crippen molar-refractivity contribution < 1.29 is 13.2 Å². The summed E-state index contributed by atoms with van der Waals surface area (Å²) in [4.78, 5) is 0. The molecule has 0 saturated heterocycles. The van der Waals surface area contributed by atoms with E-state index in [4.69, 9.17) is 0 Å². The van der Waals surface area contributed by atoms with Crippen LogP contribution in [0.4, 0.5) is 13.2 Å². The van der Waals surface area contributed by atoms with E-state index in [1.165, 1.54) is 37.0 Å². The molecule has 0 amide bonds. The smallest absolute Gasteiger partial charge is 0.166 e. The van der Waals surface area contributed by atoms with Crippen LogP contribution < -0.4 is 0 Å². The molecule has 1 aliphatic carbocycles. The first-order valence-electron chi connectivity index (χ1n) is 6.94. The van der Waals surface area contributed by atoms with Crippen molar-refractivity contribution in [2.24, 2.45) is 5.92 Å². The Labute approximate surface area is 126 Å². The fraction of sp³-hybridized carbons (Fsp3) is 0.500. The maximum Gasteiger partial charge on any atom is 0.416 e. The molecule has 1 aromatic rings. The zero-order valence-corrected chi connectivity index (χ0v) is 12.8. The number of rotatable bonds is 3. The van der Waals surface area contributed by atoms with Crippen molar-refractivity contribution in [1.29, 1.82) is 0 Å². The Kier molecular flexibility index (Phi) is 5.30. The van der Waals surface area contributed by atoms with E-state index in [0.29, 0.717) is 11.5 Å². The minimum atomic E-state index is -4.27. The molecule has 2 rings (SSSR count). The van der Waals surface area contributed by atoms with Crippen LogP contribution in [0.3, 0.4) is 0 Å². The fourth-order valence-electron chi connectivity index (χ4n) is 2.76. The van der Waals surface area contributed by atoms with E-state index in [-0.39, 0.29) is 0 Å². The molecule has 0 unspecified atom stereocenters. The molecule has 1 aromatic carbocycles. The van der Waals surface area contributed by atoms with Crippen LogP contribution >= 0.6 is 15.9 Å². The first-order valence-corrected chi connectivity index (χ1v) is 8.06. The molecule has 0 bridgehead atoms. The van der Waals surface area contributed by atoms with Gasteiger partial charge in [0, 0.05) is 5.33 Å². The molecule has 0 N–H and O–H groups in total. The van der Waals surface area contributed by atoms with Crippen molar-refractivity contribution in [3.63, 3.8) is 0 Å². The number of hydrogen-bond donors (Lipinski definition) is 0. The molecule has 0 atom stereocenters. The van der Waals surface area contributed by atoms with Gasteiger partial charge in [-0.25, -0.2) is 0 Å². The normalized spacial score (nSPS) is 18.3. The highest BCUT2D eigenvalue weighted by Crippen LogP contribution is 2.33. The topological polar surface area (TPSA) is 0 Å². The third kappa shape index (κ3) is 4.11. The molecule has 1 aliphatic rings. The van der Waals surface area contributed by atoms with Gasteiger partial charge in [-0.15, -0.1) is 0 Å². The van der Waals surface area contributed by atoms with Gasteiger partial charge in [-0.3, -0.25) is 0 Å². The largest absolute Gasteiger partial charge is 0.416 e. The second-order valence-corrected chi connectivity index (χ2v) is 5.87. The first kappa shape index (κ1) is 15.6. The van der Waals surface area contributed by atoms with Crippen LogP contribution in [0.5, 0.6) is 0 Å². The Balaban J connectivity index is 2.23. The summed E-state index contributed by atoms with van der Waals surface area (Å²) in [5, 5.41) is 0.730. The summed E-state index contributed by atoms with van der Waals surface area (Å²) in [6, 6.07) is 5.55. The van der Waals surface area contributed by atoms with Gasteiger partial charge < -0.3 is 0 Å². The van der Waals surface area contributed by atoms with E-state index in [0.717, 1.165) is 24.2 Å². The summed E-state index contributed by atoms with van der Waals surface area (Å²) in [7, 11) is 0. The molecule has 4 heteroatoms. The van der Waals surface area contributed by atoms with Crippen molar-refractivity contribution in [3.8, 4) is 0 Å². The first-order chi connectivity index (χ1) is 9.50. The maximum atomic E-state index is 12.7. The summed E-state index contributed by atoms with van der Waals surface area (Å²) in [6.45, 7) is 0. The van der Waals surface area contributed by atoms with E-state index in [1.807, 2.05) is 6.08 Å². The molecule has 1 saturated carbocycles. The molecular formula is C16H18BrF3. The van der Waals surface area contributed by atoms with Gasteiger partial charge in [0.25, 0.3) is 0 Å². The Morgan fingerprint density at radius 1 is 1.20 bits per heavy atom. The third-order valence-corrected chi connectivity index (χ3v) is 4.50. The summed E-state index contributed by atoms with van der Waals surface area (Å²) in [6.07, 6.45) is 3.65. The zero-order chi connectivity index (χ0) is 14.6. The maximum absolute atomic E-state index is 12.7. The molecule has 0 aromatic heterocycles. The lowest BCUT2D eigenvalue weighted by Crippen LogP contribution is -2.10. The number of allylic oxidation sites excluding steroid dienone is 1. The van der Waals surface area contributed by atoms with E-state index in [2.05, 4.69) is 15.9 Å². The molecule has 1 fully saturated rings. The van der Waals surface area contributed by atoms with E-state index < -0.39 is 11.7 Å². The van der Waals surface area contributed by atoms with Gasteiger partial charge in [0.05, 0.1) is 5.56 Å². The monoisotopic (exact) mass is 346 g/mol. The summed E-state index contributed by atoms with van der Waals surface area (Å²) >= 11 is 3.48. The predicted octanol–water partition coefficient (Wildman–Crippen LogP) is 6.06. The van der Waals surface area contributed by atoms with Crippen LogP contribution in [0.1, 0.15) is 43.2 Å². The Hall–Kier alpha value is -0.770. The van der Waals surface area contributed by atoms with Crippen molar-refractivity contribution >= 4 is 22.0 Å². The number of benzene rings is 1. The van der Waals surface area contributed by atoms with Crippen LogP contribution in [-0.4, -0.2) is 5.33 Å². The van der Waals surface area contributed by atoms with Gasteiger partial charge in [0.1, 0.15) is 0 Å². The van der Waals surface area contributed by atoms with Gasteiger partial charge in [-0.05, 0) is 36.5 Å². The summed E-state index contributed by atoms with van der Waals surface area (Å²) in [5.74, 6) is 0.512. The quantitative estimate of drug-likeness (QED) is 0.583. The standard InChI is InChI=1S/C16H18BrF3/c17-11-14(13-6-2-1-3-7-13)9-12-5-4-8-15(10-12)16(18,19)20/h4-5,8-10,13H,1-3,6-7,11H2/b14-9-. The van der Waals surface area contributed by atoms with Gasteiger partial charge in [-0.2, -0.15) is 13.2 Å². The predicted molar refractivity (Wildman–Crippen MR) is 79.8 cm³/mol. The summed E-state index contributed by atoms with van der Waals surface area (Å²) < 4.78 is 38.1. The van der Waals surface area contributed by atoms with Crippen molar-refractivity contribution in [1.82, 2.24) is 0 Å². The molecule has 0 radical (unpaired) electrons. The lowest BCUT2D eigenvalue weighted by atomic mass is 9.84. The molecule has 0 heterocycles. The van der Waals surface area contributed by atoms with E-state index >= 15 is 0 Å². The van der Waals surface area contributed by atoms with Crippen molar-refractivity contribution in [2.45, 2.75) is 38.3 Å². The average molecular weight is 347 g/mol. The lowest BCUT2D eigenvalue weighted by Gasteiger charge is -2.23. The van der Waals surface area contributed by atoms with E-state index in [9.17, 15) is 13.2 Å². The molecular weight excluding hydrogens is 329 g/mol. The van der Waals surface area contributed by atoms with Gasteiger partial charge in [-0.1, -0.05) is 59.0 Å². The molecule has 0 spiro atoms. The molecule has 20 heavy (non-hydrogen) atoms. The molecule has 0 aliphatic heterocycles. The third-order valence-electron chi connectivity index (χ3n) is 3.85. The second kappa shape index (κ2) is 6.79. The molecule has 110 valence electrons. The lowest BCUT2D eigenvalue weighted by molar-refractivity contribution is -0.137. The second-order valence-electron chi connectivity index (χ2n) is 5.31. The summed E-state index contributed by atoms with van der Waals surface area (Å²) in [5.41, 5.74) is 1.27. The van der Waals surface area contributed by atoms with Crippen LogP contribution in [0.15, 0.2) is 29.8 Å². The highest BCUT2D eigenvalue weighted by atomic mass is 79.9.